The Morgan fingerprint density at radius 1 is 1.20 bits per heavy atom. The Hall–Kier alpha value is -3.66. The maximum Gasteiger partial charge on any atom is 0.414 e. The molecule has 1 aliphatic rings. The minimum Gasteiger partial charge on any atom is -0.444 e. The zero-order valence-electron chi connectivity index (χ0n) is 15.9. The topological polar surface area (TPSA) is 103 Å². The van der Waals surface area contributed by atoms with Gasteiger partial charge in [-0.05, 0) is 35.3 Å². The van der Waals surface area contributed by atoms with Gasteiger partial charge in [0.1, 0.15) is 18.6 Å². The average molecular weight is 411 g/mol. The van der Waals surface area contributed by atoms with E-state index in [1.807, 2.05) is 12.1 Å². The normalized spacial score (nSPS) is 14.3. The van der Waals surface area contributed by atoms with Crippen LogP contribution >= 0.6 is 0 Å². The van der Waals surface area contributed by atoms with Crippen LogP contribution in [0.15, 0.2) is 42.6 Å². The van der Waals surface area contributed by atoms with Crippen LogP contribution in [-0.4, -0.2) is 50.3 Å². The van der Waals surface area contributed by atoms with Gasteiger partial charge < -0.3 is 14.9 Å². The molecule has 9 nitrogen and oxygen atoms in total. The van der Waals surface area contributed by atoms with Crippen molar-refractivity contribution < 1.29 is 18.8 Å². The molecule has 0 saturated heterocycles. The van der Waals surface area contributed by atoms with Gasteiger partial charge in [0.2, 0.25) is 0 Å². The molecule has 0 unspecified atom stereocenters. The number of fused-ring (bicyclic) bond motifs is 1. The molecule has 4 rings (SSSR count). The van der Waals surface area contributed by atoms with Crippen molar-refractivity contribution in [2.24, 2.45) is 0 Å². The number of nitro groups is 1. The van der Waals surface area contributed by atoms with Gasteiger partial charge >= 0.3 is 11.8 Å². The van der Waals surface area contributed by atoms with Crippen LogP contribution in [0.2, 0.25) is 0 Å². The molecule has 30 heavy (non-hydrogen) atoms. The Labute approximate surface area is 170 Å². The molecule has 0 radical (unpaired) electrons. The van der Waals surface area contributed by atoms with E-state index in [2.05, 4.69) is 14.9 Å². The highest BCUT2D eigenvalue weighted by Crippen LogP contribution is 2.22. The number of hydrogen-bond acceptors (Lipinski definition) is 7. The molecule has 0 N–H and O–H groups in total. The van der Waals surface area contributed by atoms with E-state index in [-0.39, 0.29) is 17.4 Å². The van der Waals surface area contributed by atoms with E-state index in [0.29, 0.717) is 50.3 Å². The van der Waals surface area contributed by atoms with E-state index < -0.39 is 10.7 Å². The number of imidazole rings is 1. The fraction of sp³-hybridized carbons (Fsp3) is 0.250. The van der Waals surface area contributed by atoms with Crippen molar-refractivity contribution in [3.8, 4) is 17.3 Å². The van der Waals surface area contributed by atoms with E-state index >= 15 is 0 Å². The molecule has 10 heteroatoms. The summed E-state index contributed by atoms with van der Waals surface area (Å²) in [5.41, 5.74) is 2.10. The minimum absolute atomic E-state index is 0.00847. The van der Waals surface area contributed by atoms with Crippen LogP contribution in [-0.2, 0) is 13.1 Å². The van der Waals surface area contributed by atoms with Gasteiger partial charge in [-0.25, -0.2) is 4.39 Å². The van der Waals surface area contributed by atoms with E-state index in [0.717, 1.165) is 5.69 Å². The second kappa shape index (κ2) is 8.37. The summed E-state index contributed by atoms with van der Waals surface area (Å²) in [6.45, 7) is 2.64. The number of rotatable bonds is 5. The van der Waals surface area contributed by atoms with Gasteiger partial charge in [-0.15, -0.1) is 0 Å². The average Bonchev–Trinajstić information content (AvgIpc) is 3.13. The lowest BCUT2D eigenvalue weighted by Crippen LogP contribution is -2.33. The van der Waals surface area contributed by atoms with Crippen LogP contribution in [0.5, 0.6) is 6.01 Å². The molecule has 0 aliphatic carbocycles. The van der Waals surface area contributed by atoms with Crippen molar-refractivity contribution >= 4 is 12.1 Å². The van der Waals surface area contributed by atoms with Gasteiger partial charge in [0.25, 0.3) is 0 Å². The number of carbonyl (C=O) groups is 1. The molecular formula is C20H18FN5O4. The number of aldehydes is 1. The Kier molecular flexibility index (Phi) is 5.48. The zero-order chi connectivity index (χ0) is 21.1. The lowest BCUT2D eigenvalue weighted by molar-refractivity contribution is -0.389. The second-order valence-corrected chi connectivity index (χ2v) is 6.83. The molecule has 3 heterocycles. The maximum absolute atomic E-state index is 13.6. The molecular weight excluding hydrogens is 393 g/mol. The maximum atomic E-state index is 13.6. The van der Waals surface area contributed by atoms with E-state index in [4.69, 9.17) is 4.74 Å². The van der Waals surface area contributed by atoms with Crippen molar-refractivity contribution in [1.29, 1.82) is 0 Å². The Bertz CT molecular complexity index is 1100. The summed E-state index contributed by atoms with van der Waals surface area (Å²) in [6.07, 6.45) is 1.86. The van der Waals surface area contributed by atoms with Gasteiger partial charge in [0.15, 0.2) is 6.29 Å². The fourth-order valence-corrected chi connectivity index (χ4v) is 3.29. The summed E-state index contributed by atoms with van der Waals surface area (Å²) in [5, 5.41) is 10.9. The first-order valence-electron chi connectivity index (χ1n) is 9.31. The molecule has 1 aliphatic heterocycles. The Morgan fingerprint density at radius 3 is 2.87 bits per heavy atom. The van der Waals surface area contributed by atoms with Gasteiger partial charge in [0, 0.05) is 36.7 Å². The van der Waals surface area contributed by atoms with Crippen molar-refractivity contribution in [2.45, 2.75) is 13.1 Å². The fourth-order valence-electron chi connectivity index (χ4n) is 3.29. The number of halogens is 1. The number of carbonyl (C=O) groups excluding carboxylic acids is 1. The van der Waals surface area contributed by atoms with Crippen molar-refractivity contribution in [3.05, 3.63) is 69.8 Å². The molecule has 3 aromatic rings. The summed E-state index contributed by atoms with van der Waals surface area (Å²) in [4.78, 5) is 32.0. The highest BCUT2D eigenvalue weighted by molar-refractivity contribution is 5.78. The van der Waals surface area contributed by atoms with E-state index in [1.165, 1.54) is 18.3 Å². The third kappa shape index (κ3) is 4.18. The predicted octanol–water partition coefficient (Wildman–Crippen LogP) is 2.70. The molecule has 0 bridgehead atoms. The van der Waals surface area contributed by atoms with Gasteiger partial charge in [0.05, 0.1) is 17.0 Å². The molecule has 0 amide bonds. The van der Waals surface area contributed by atoms with E-state index in [9.17, 15) is 19.3 Å². The number of aromatic nitrogens is 3. The van der Waals surface area contributed by atoms with Crippen LogP contribution in [0.4, 0.5) is 10.2 Å². The first kappa shape index (κ1) is 19.6. The van der Waals surface area contributed by atoms with Crippen LogP contribution in [0.3, 0.4) is 0 Å². The molecule has 2 aromatic heterocycles. The lowest BCUT2D eigenvalue weighted by Gasteiger charge is -2.24. The van der Waals surface area contributed by atoms with Crippen molar-refractivity contribution in [3.63, 3.8) is 0 Å². The van der Waals surface area contributed by atoms with Crippen LogP contribution in [0, 0.1) is 15.9 Å². The molecule has 1 aromatic carbocycles. The second-order valence-electron chi connectivity index (χ2n) is 6.83. The molecule has 154 valence electrons. The largest absolute Gasteiger partial charge is 0.444 e. The van der Waals surface area contributed by atoms with Gasteiger partial charge in [-0.2, -0.15) is 0 Å². The minimum atomic E-state index is -0.565. The van der Waals surface area contributed by atoms with Crippen LogP contribution in [0.1, 0.15) is 16.1 Å². The van der Waals surface area contributed by atoms with Gasteiger partial charge in [-0.1, -0.05) is 6.07 Å². The monoisotopic (exact) mass is 411 g/mol. The lowest BCUT2D eigenvalue weighted by atomic mass is 10.1. The van der Waals surface area contributed by atoms with Crippen molar-refractivity contribution in [2.75, 3.05) is 19.7 Å². The molecule has 0 spiro atoms. The number of nitrogens with zero attached hydrogens (tertiary/aromatic N) is 5. The van der Waals surface area contributed by atoms with E-state index in [1.54, 1.807) is 16.7 Å². The highest BCUT2D eigenvalue weighted by Gasteiger charge is 2.23. The summed E-state index contributed by atoms with van der Waals surface area (Å²) >= 11 is 0. The smallest absolute Gasteiger partial charge is 0.414 e. The SMILES string of the molecule is O=Cc1cc(-c2cccc(CN3CCOc4nc([N+](=O)[O-])cn4CC3)n2)ccc1F. The number of pyridine rings is 1. The van der Waals surface area contributed by atoms with Crippen LogP contribution < -0.4 is 4.74 Å². The van der Waals surface area contributed by atoms with Gasteiger partial charge in [-0.3, -0.25) is 19.2 Å². The Balaban J connectivity index is 1.49. The summed E-state index contributed by atoms with van der Waals surface area (Å²) < 4.78 is 20.8. The van der Waals surface area contributed by atoms with Crippen LogP contribution in [0.25, 0.3) is 11.3 Å². The summed E-state index contributed by atoms with van der Waals surface area (Å²) in [6, 6.07) is 10.1. The third-order valence-electron chi connectivity index (χ3n) is 4.82. The van der Waals surface area contributed by atoms with Crippen molar-refractivity contribution in [1.82, 2.24) is 19.4 Å². The first-order valence-corrected chi connectivity index (χ1v) is 9.31. The molecule has 0 fully saturated rings. The summed E-state index contributed by atoms with van der Waals surface area (Å²) in [5.74, 6) is -0.800. The molecule has 0 atom stereocenters. The quantitative estimate of drug-likeness (QED) is 0.361. The zero-order valence-corrected chi connectivity index (χ0v) is 15.9. The Morgan fingerprint density at radius 2 is 2.07 bits per heavy atom. The standard InChI is InChI=1S/C20H18FN5O4/c21-17-5-4-14(10-15(17)13-27)18-3-1-2-16(22-18)11-24-6-7-25-12-19(26(28)29)23-20(25)30-9-8-24/h1-5,10,12-13H,6-9,11H2. The predicted molar refractivity (Wildman–Crippen MR) is 105 cm³/mol. The first-order chi connectivity index (χ1) is 14.5. The highest BCUT2D eigenvalue weighted by atomic mass is 19.1. The third-order valence-corrected chi connectivity index (χ3v) is 4.82. The number of hydrogen-bond donors (Lipinski definition) is 0. The molecule has 0 saturated carbocycles. The number of benzene rings is 1. The summed E-state index contributed by atoms with van der Waals surface area (Å²) in [7, 11) is 0. The number of ether oxygens (including phenoxy) is 1.